The minimum Gasteiger partial charge on any atom is -0.342 e. The summed E-state index contributed by atoms with van der Waals surface area (Å²) in [5.41, 5.74) is 0. The SMILES string of the molecule is C=CCS/C(N=C)=N/C(=NC)NCN1CCN(C)CC1. The van der Waals surface area contributed by atoms with Gasteiger partial charge in [-0.2, -0.15) is 4.99 Å². The molecular formula is C13H24N6S. The van der Waals surface area contributed by atoms with Crippen molar-refractivity contribution in [3.05, 3.63) is 12.7 Å². The highest BCUT2D eigenvalue weighted by atomic mass is 32.2. The van der Waals surface area contributed by atoms with Gasteiger partial charge >= 0.3 is 0 Å². The third kappa shape index (κ3) is 6.31. The maximum Gasteiger partial charge on any atom is 0.221 e. The molecule has 0 aliphatic carbocycles. The van der Waals surface area contributed by atoms with Crippen LogP contribution in [-0.2, 0) is 0 Å². The first-order chi connectivity index (χ1) is 9.69. The minimum absolute atomic E-state index is 0.586. The van der Waals surface area contributed by atoms with Crippen molar-refractivity contribution in [2.24, 2.45) is 15.0 Å². The fourth-order valence-corrected chi connectivity index (χ4v) is 2.20. The molecule has 0 bridgehead atoms. The average Bonchev–Trinajstić information content (AvgIpc) is 2.48. The third-order valence-electron chi connectivity index (χ3n) is 2.94. The first-order valence-electron chi connectivity index (χ1n) is 6.60. The molecule has 20 heavy (non-hydrogen) atoms. The van der Waals surface area contributed by atoms with E-state index in [1.807, 2.05) is 6.08 Å². The van der Waals surface area contributed by atoms with E-state index < -0.39 is 0 Å². The van der Waals surface area contributed by atoms with E-state index in [4.69, 9.17) is 0 Å². The standard InChI is InChI=1S/C13H24N6S/c1-5-10-20-13(15-3)17-12(14-2)16-11-19-8-6-18(4)7-9-19/h5H,1,3,6-11H2,2,4H3,(H,14,16)/b17-13+. The Morgan fingerprint density at radius 2 is 2.05 bits per heavy atom. The molecule has 1 fully saturated rings. The summed E-state index contributed by atoms with van der Waals surface area (Å²) in [6.45, 7) is 12.3. The Bertz CT molecular complexity index is 371. The Morgan fingerprint density at radius 3 is 2.60 bits per heavy atom. The van der Waals surface area contributed by atoms with Crippen molar-refractivity contribution in [2.75, 3.05) is 52.7 Å². The van der Waals surface area contributed by atoms with Crippen LogP contribution in [0.4, 0.5) is 0 Å². The van der Waals surface area contributed by atoms with E-state index in [2.05, 4.69) is 50.4 Å². The summed E-state index contributed by atoms with van der Waals surface area (Å²) < 4.78 is 0. The summed E-state index contributed by atoms with van der Waals surface area (Å²) in [6.07, 6.45) is 1.81. The van der Waals surface area contributed by atoms with E-state index in [9.17, 15) is 0 Å². The average molecular weight is 296 g/mol. The zero-order chi connectivity index (χ0) is 14.8. The Balaban J connectivity index is 2.44. The second kappa shape index (κ2) is 9.68. The maximum absolute atomic E-state index is 4.35. The Labute approximate surface area is 125 Å². The molecule has 0 atom stereocenters. The quantitative estimate of drug-likeness (QED) is 0.472. The van der Waals surface area contributed by atoms with Crippen LogP contribution in [0.25, 0.3) is 0 Å². The molecule has 0 unspecified atom stereocenters. The second-order valence-electron chi connectivity index (χ2n) is 4.46. The first kappa shape index (κ1) is 16.9. The minimum atomic E-state index is 0.586. The monoisotopic (exact) mass is 296 g/mol. The molecule has 0 amide bonds. The second-order valence-corrected chi connectivity index (χ2v) is 5.44. The topological polar surface area (TPSA) is 55.6 Å². The van der Waals surface area contributed by atoms with E-state index in [-0.39, 0.29) is 0 Å². The summed E-state index contributed by atoms with van der Waals surface area (Å²) in [7, 11) is 3.86. The summed E-state index contributed by atoms with van der Waals surface area (Å²) in [4.78, 5) is 17.1. The van der Waals surface area contributed by atoms with Crippen molar-refractivity contribution < 1.29 is 0 Å². The van der Waals surface area contributed by atoms with Crippen LogP contribution >= 0.6 is 11.8 Å². The molecular weight excluding hydrogens is 272 g/mol. The molecule has 1 rings (SSSR count). The molecule has 112 valence electrons. The van der Waals surface area contributed by atoms with Gasteiger partial charge in [0.1, 0.15) is 0 Å². The number of hydrogen-bond donors (Lipinski definition) is 1. The lowest BCUT2D eigenvalue weighted by Gasteiger charge is -2.32. The normalized spacial score (nSPS) is 18.9. The van der Waals surface area contributed by atoms with Crippen molar-refractivity contribution in [1.82, 2.24) is 15.1 Å². The van der Waals surface area contributed by atoms with Crippen molar-refractivity contribution >= 4 is 29.6 Å². The van der Waals surface area contributed by atoms with Crippen molar-refractivity contribution in [3.8, 4) is 0 Å². The lowest BCUT2D eigenvalue weighted by atomic mass is 10.3. The van der Waals surface area contributed by atoms with Gasteiger partial charge in [0.2, 0.25) is 5.96 Å². The van der Waals surface area contributed by atoms with E-state index in [1.165, 1.54) is 11.8 Å². The van der Waals surface area contributed by atoms with Gasteiger partial charge in [-0.15, -0.1) is 6.58 Å². The van der Waals surface area contributed by atoms with Crippen LogP contribution in [0.2, 0.25) is 0 Å². The van der Waals surface area contributed by atoms with Crippen LogP contribution in [-0.4, -0.2) is 80.3 Å². The van der Waals surface area contributed by atoms with Crippen LogP contribution in [0, 0.1) is 0 Å². The van der Waals surface area contributed by atoms with Gasteiger partial charge < -0.3 is 10.2 Å². The molecule has 1 heterocycles. The molecule has 0 aromatic carbocycles. The Kier molecular flexibility index (Phi) is 8.17. The van der Waals surface area contributed by atoms with Crippen LogP contribution in [0.15, 0.2) is 27.6 Å². The molecule has 0 spiro atoms. The predicted octanol–water partition coefficient (Wildman–Crippen LogP) is 0.743. The molecule has 1 N–H and O–H groups in total. The summed E-state index contributed by atoms with van der Waals surface area (Å²) in [5.74, 6) is 1.34. The van der Waals surface area contributed by atoms with Gasteiger partial charge in [0, 0.05) is 39.0 Å². The fourth-order valence-electron chi connectivity index (χ4n) is 1.69. The summed E-state index contributed by atoms with van der Waals surface area (Å²) in [6, 6.07) is 0. The van der Waals surface area contributed by atoms with Gasteiger partial charge in [0.15, 0.2) is 5.17 Å². The molecule has 1 saturated heterocycles. The van der Waals surface area contributed by atoms with Gasteiger partial charge in [-0.05, 0) is 13.8 Å². The number of piperazine rings is 1. The predicted molar refractivity (Wildman–Crippen MR) is 90.1 cm³/mol. The highest BCUT2D eigenvalue weighted by Gasteiger charge is 2.13. The zero-order valence-electron chi connectivity index (χ0n) is 12.4. The highest BCUT2D eigenvalue weighted by Crippen LogP contribution is 2.05. The largest absolute Gasteiger partial charge is 0.342 e. The van der Waals surface area contributed by atoms with Crippen molar-refractivity contribution in [2.45, 2.75) is 0 Å². The summed E-state index contributed by atoms with van der Waals surface area (Å²) in [5, 5.41) is 3.85. The number of guanidine groups is 1. The van der Waals surface area contributed by atoms with Crippen molar-refractivity contribution in [1.29, 1.82) is 0 Å². The molecule has 0 radical (unpaired) electrons. The highest BCUT2D eigenvalue weighted by molar-refractivity contribution is 8.14. The number of nitrogens with one attached hydrogen (secondary N) is 1. The number of thioether (sulfide) groups is 1. The molecule has 0 saturated carbocycles. The number of amidine groups is 1. The summed E-state index contributed by atoms with van der Waals surface area (Å²) >= 11 is 1.49. The van der Waals surface area contributed by atoms with Crippen LogP contribution in [0.5, 0.6) is 0 Å². The molecule has 1 aliphatic heterocycles. The zero-order valence-corrected chi connectivity index (χ0v) is 13.2. The molecule has 0 aromatic heterocycles. The molecule has 0 aromatic rings. The number of nitrogens with zero attached hydrogens (tertiary/aromatic N) is 5. The number of likely N-dealkylation sites (N-methyl/N-ethyl adjacent to an activating group) is 1. The van der Waals surface area contributed by atoms with Crippen LogP contribution in [0.1, 0.15) is 0 Å². The lowest BCUT2D eigenvalue weighted by Crippen LogP contribution is -2.48. The molecule has 7 heteroatoms. The fraction of sp³-hybridized carbons (Fsp3) is 0.615. The molecule has 6 nitrogen and oxygen atoms in total. The first-order valence-corrected chi connectivity index (χ1v) is 7.58. The van der Waals surface area contributed by atoms with E-state index in [0.29, 0.717) is 11.1 Å². The van der Waals surface area contributed by atoms with Crippen molar-refractivity contribution in [3.63, 3.8) is 0 Å². The Morgan fingerprint density at radius 1 is 1.35 bits per heavy atom. The smallest absolute Gasteiger partial charge is 0.221 e. The van der Waals surface area contributed by atoms with E-state index >= 15 is 0 Å². The Hall–Kier alpha value is -1.18. The molecule has 1 aliphatic rings. The number of hydrogen-bond acceptors (Lipinski definition) is 4. The van der Waals surface area contributed by atoms with Crippen LogP contribution < -0.4 is 5.32 Å². The van der Waals surface area contributed by atoms with Gasteiger partial charge in [-0.3, -0.25) is 9.89 Å². The number of rotatable bonds is 4. The van der Waals surface area contributed by atoms with Gasteiger partial charge in [-0.1, -0.05) is 17.8 Å². The van der Waals surface area contributed by atoms with Crippen LogP contribution in [0.3, 0.4) is 0 Å². The van der Waals surface area contributed by atoms with Gasteiger partial charge in [0.05, 0.1) is 6.67 Å². The number of aliphatic imine (C=N–C) groups is 3. The van der Waals surface area contributed by atoms with E-state index in [0.717, 1.165) is 38.6 Å². The van der Waals surface area contributed by atoms with E-state index in [1.54, 1.807) is 7.05 Å². The maximum atomic E-state index is 4.35. The van der Waals surface area contributed by atoms with Gasteiger partial charge in [-0.25, -0.2) is 4.99 Å². The van der Waals surface area contributed by atoms with Gasteiger partial charge in [0.25, 0.3) is 0 Å². The lowest BCUT2D eigenvalue weighted by molar-refractivity contribution is 0.151. The third-order valence-corrected chi connectivity index (χ3v) is 3.82.